The Morgan fingerprint density at radius 1 is 1.15 bits per heavy atom. The second kappa shape index (κ2) is 4.43. The van der Waals surface area contributed by atoms with Crippen LogP contribution in [0.25, 0.3) is 0 Å². The lowest BCUT2D eigenvalue weighted by atomic mass is 9.81. The monoisotopic (exact) mass is 183 g/mol. The first-order valence-corrected chi connectivity index (χ1v) is 5.67. The van der Waals surface area contributed by atoms with Crippen LogP contribution >= 0.6 is 0 Å². The van der Waals surface area contributed by atoms with E-state index in [4.69, 9.17) is 4.74 Å². The second-order valence-corrected chi connectivity index (χ2v) is 4.62. The molecule has 13 heavy (non-hydrogen) atoms. The molecule has 0 aromatic heterocycles. The molecule has 76 valence electrons. The van der Waals surface area contributed by atoms with E-state index in [-0.39, 0.29) is 0 Å². The quantitative estimate of drug-likeness (QED) is 0.669. The van der Waals surface area contributed by atoms with Crippen LogP contribution in [-0.2, 0) is 4.74 Å². The molecule has 0 saturated carbocycles. The first-order chi connectivity index (χ1) is 6.36. The molecule has 2 rings (SSSR count). The summed E-state index contributed by atoms with van der Waals surface area (Å²) >= 11 is 0. The topological polar surface area (TPSA) is 21.3 Å². The minimum Gasteiger partial charge on any atom is -0.381 e. The highest BCUT2D eigenvalue weighted by Crippen LogP contribution is 2.28. The number of hydrogen-bond acceptors (Lipinski definition) is 2. The highest BCUT2D eigenvalue weighted by Gasteiger charge is 2.27. The summed E-state index contributed by atoms with van der Waals surface area (Å²) in [6.45, 7) is 5.51. The summed E-state index contributed by atoms with van der Waals surface area (Å²) in [5.41, 5.74) is 0. The Labute approximate surface area is 81.0 Å². The van der Waals surface area contributed by atoms with Gasteiger partial charge in [-0.3, -0.25) is 0 Å². The molecule has 2 saturated heterocycles. The first kappa shape index (κ1) is 9.47. The normalized spacial score (nSPS) is 41.8. The molecule has 0 amide bonds. The molecular formula is C11H21NO. The van der Waals surface area contributed by atoms with E-state index in [0.29, 0.717) is 0 Å². The molecule has 2 fully saturated rings. The van der Waals surface area contributed by atoms with Gasteiger partial charge >= 0.3 is 0 Å². The molecule has 2 heterocycles. The van der Waals surface area contributed by atoms with Crippen molar-refractivity contribution in [2.24, 2.45) is 11.8 Å². The van der Waals surface area contributed by atoms with Gasteiger partial charge in [-0.05, 0) is 51.0 Å². The standard InChI is InChI=1S/C11H21NO/c1-9-4-5-10(7-12-9)11-3-2-6-13-8-11/h9-12H,2-8H2,1H3. The minimum atomic E-state index is 0.737. The predicted octanol–water partition coefficient (Wildman–Crippen LogP) is 1.80. The zero-order valence-corrected chi connectivity index (χ0v) is 8.59. The summed E-state index contributed by atoms with van der Waals surface area (Å²) in [7, 11) is 0. The van der Waals surface area contributed by atoms with Crippen LogP contribution < -0.4 is 5.32 Å². The molecule has 1 N–H and O–H groups in total. The first-order valence-electron chi connectivity index (χ1n) is 5.67. The average molecular weight is 183 g/mol. The van der Waals surface area contributed by atoms with Crippen LogP contribution in [0.3, 0.4) is 0 Å². The van der Waals surface area contributed by atoms with E-state index in [9.17, 15) is 0 Å². The van der Waals surface area contributed by atoms with Crippen LogP contribution in [0.1, 0.15) is 32.6 Å². The maximum atomic E-state index is 5.53. The van der Waals surface area contributed by atoms with Crippen molar-refractivity contribution in [3.8, 4) is 0 Å². The summed E-state index contributed by atoms with van der Waals surface area (Å²) in [4.78, 5) is 0. The number of ether oxygens (including phenoxy) is 1. The summed E-state index contributed by atoms with van der Waals surface area (Å²) in [5.74, 6) is 1.73. The Bertz CT molecular complexity index is 146. The lowest BCUT2D eigenvalue weighted by Gasteiger charge is -2.35. The lowest BCUT2D eigenvalue weighted by Crippen LogP contribution is -2.41. The predicted molar refractivity (Wildman–Crippen MR) is 53.7 cm³/mol. The maximum Gasteiger partial charge on any atom is 0.0497 e. The highest BCUT2D eigenvalue weighted by molar-refractivity contribution is 4.80. The van der Waals surface area contributed by atoms with Gasteiger partial charge < -0.3 is 10.1 Å². The van der Waals surface area contributed by atoms with Gasteiger partial charge in [-0.15, -0.1) is 0 Å². The third-order valence-corrected chi connectivity index (χ3v) is 3.56. The van der Waals surface area contributed by atoms with Gasteiger partial charge in [-0.25, -0.2) is 0 Å². The van der Waals surface area contributed by atoms with Crippen LogP contribution in [0, 0.1) is 11.8 Å². The summed E-state index contributed by atoms with van der Waals surface area (Å²) in [6.07, 6.45) is 5.42. The van der Waals surface area contributed by atoms with Gasteiger partial charge in [0.2, 0.25) is 0 Å². The molecule has 2 aliphatic rings. The molecular weight excluding hydrogens is 162 g/mol. The Morgan fingerprint density at radius 3 is 2.69 bits per heavy atom. The third kappa shape index (κ3) is 2.44. The zero-order valence-electron chi connectivity index (χ0n) is 8.59. The van der Waals surface area contributed by atoms with Crippen molar-refractivity contribution < 1.29 is 4.74 Å². The number of nitrogens with one attached hydrogen (secondary N) is 1. The van der Waals surface area contributed by atoms with Crippen LogP contribution in [0.4, 0.5) is 0 Å². The summed E-state index contributed by atoms with van der Waals surface area (Å²) in [6, 6.07) is 0.737. The minimum absolute atomic E-state index is 0.737. The summed E-state index contributed by atoms with van der Waals surface area (Å²) < 4.78 is 5.53. The van der Waals surface area contributed by atoms with E-state index >= 15 is 0 Å². The molecule has 0 aromatic rings. The molecule has 3 atom stereocenters. The largest absolute Gasteiger partial charge is 0.381 e. The van der Waals surface area contributed by atoms with E-state index in [1.165, 1.54) is 32.2 Å². The Kier molecular flexibility index (Phi) is 3.23. The fraction of sp³-hybridized carbons (Fsp3) is 1.00. The van der Waals surface area contributed by atoms with Crippen LogP contribution in [0.5, 0.6) is 0 Å². The zero-order chi connectivity index (χ0) is 9.10. The Hall–Kier alpha value is -0.0800. The fourth-order valence-corrected chi connectivity index (χ4v) is 2.56. The number of piperidine rings is 1. The Morgan fingerprint density at radius 2 is 2.08 bits per heavy atom. The fourth-order valence-electron chi connectivity index (χ4n) is 2.56. The van der Waals surface area contributed by atoms with Crippen molar-refractivity contribution >= 4 is 0 Å². The number of hydrogen-bond donors (Lipinski definition) is 1. The van der Waals surface area contributed by atoms with Crippen molar-refractivity contribution in [1.82, 2.24) is 5.32 Å². The third-order valence-electron chi connectivity index (χ3n) is 3.56. The molecule has 0 radical (unpaired) electrons. The van der Waals surface area contributed by atoms with E-state index in [0.717, 1.165) is 31.1 Å². The smallest absolute Gasteiger partial charge is 0.0497 e. The molecule has 0 aliphatic carbocycles. The van der Waals surface area contributed by atoms with Crippen LogP contribution in [-0.4, -0.2) is 25.8 Å². The van der Waals surface area contributed by atoms with Gasteiger partial charge in [-0.1, -0.05) is 0 Å². The van der Waals surface area contributed by atoms with Gasteiger partial charge in [0.25, 0.3) is 0 Å². The van der Waals surface area contributed by atoms with E-state index < -0.39 is 0 Å². The van der Waals surface area contributed by atoms with E-state index in [1.807, 2.05) is 0 Å². The molecule has 0 spiro atoms. The number of rotatable bonds is 1. The molecule has 0 bridgehead atoms. The van der Waals surface area contributed by atoms with Crippen molar-refractivity contribution in [3.05, 3.63) is 0 Å². The second-order valence-electron chi connectivity index (χ2n) is 4.62. The van der Waals surface area contributed by atoms with E-state index in [1.54, 1.807) is 0 Å². The van der Waals surface area contributed by atoms with Gasteiger partial charge in [0.1, 0.15) is 0 Å². The average Bonchev–Trinajstić information content (AvgIpc) is 2.20. The summed E-state index contributed by atoms with van der Waals surface area (Å²) in [5, 5.41) is 3.57. The molecule has 2 heteroatoms. The van der Waals surface area contributed by atoms with Crippen molar-refractivity contribution in [3.63, 3.8) is 0 Å². The maximum absolute atomic E-state index is 5.53. The van der Waals surface area contributed by atoms with Crippen LogP contribution in [0.15, 0.2) is 0 Å². The molecule has 0 aromatic carbocycles. The lowest BCUT2D eigenvalue weighted by molar-refractivity contribution is 0.0232. The molecule has 3 unspecified atom stereocenters. The van der Waals surface area contributed by atoms with Crippen molar-refractivity contribution in [2.45, 2.75) is 38.6 Å². The van der Waals surface area contributed by atoms with E-state index in [2.05, 4.69) is 12.2 Å². The van der Waals surface area contributed by atoms with Crippen molar-refractivity contribution in [2.75, 3.05) is 19.8 Å². The van der Waals surface area contributed by atoms with Gasteiger partial charge in [-0.2, -0.15) is 0 Å². The van der Waals surface area contributed by atoms with Gasteiger partial charge in [0, 0.05) is 19.3 Å². The van der Waals surface area contributed by atoms with Gasteiger partial charge in [0.05, 0.1) is 0 Å². The SMILES string of the molecule is CC1CCC(C2CCCOC2)CN1. The molecule has 2 nitrogen and oxygen atoms in total. The Balaban J connectivity index is 1.79. The van der Waals surface area contributed by atoms with Gasteiger partial charge in [0.15, 0.2) is 0 Å². The van der Waals surface area contributed by atoms with Crippen molar-refractivity contribution in [1.29, 1.82) is 0 Å². The van der Waals surface area contributed by atoms with Crippen LogP contribution in [0.2, 0.25) is 0 Å². The highest BCUT2D eigenvalue weighted by atomic mass is 16.5. The molecule has 2 aliphatic heterocycles.